The van der Waals surface area contributed by atoms with Gasteiger partial charge in [-0.1, -0.05) is 144 Å². The normalized spacial score (nSPS) is 16.4. The Hall–Kier alpha value is -8.73. The lowest BCUT2D eigenvalue weighted by atomic mass is 9.83. The third-order valence-electron chi connectivity index (χ3n) is 17.2. The maximum absolute atomic E-state index is 12.3. The Morgan fingerprint density at radius 2 is 0.991 bits per heavy atom. The molecule has 604 valence electrons. The summed E-state index contributed by atoms with van der Waals surface area (Å²) < 4.78 is 22.7. The van der Waals surface area contributed by atoms with Crippen molar-refractivity contribution < 1.29 is 98.3 Å². The number of aliphatic hydroxyl groups is 8. The van der Waals surface area contributed by atoms with Crippen molar-refractivity contribution in [2.75, 3.05) is 70.8 Å². The molecule has 0 unspecified atom stereocenters. The Morgan fingerprint density at radius 1 is 0.518 bits per heavy atom. The van der Waals surface area contributed by atoms with E-state index in [0.29, 0.717) is 11.4 Å². The van der Waals surface area contributed by atoms with Crippen molar-refractivity contribution in [3.8, 4) is 0 Å². The van der Waals surface area contributed by atoms with Crippen LogP contribution in [0.4, 0.5) is 22.7 Å². The molecular formula is C80H113N9O20S. The van der Waals surface area contributed by atoms with Crippen LogP contribution in [0, 0.1) is 22.7 Å². The number of oxime groups is 4. The fraction of sp³-hybridized carbons (Fsp3) is 0.512. The number of carbonyl (C=O) groups is 4. The van der Waals surface area contributed by atoms with Gasteiger partial charge in [0, 0.05) is 86.5 Å². The van der Waals surface area contributed by atoms with Gasteiger partial charge in [0.05, 0.1) is 30.1 Å². The Kier molecular flexibility index (Phi) is 37.0. The lowest BCUT2D eigenvalue weighted by molar-refractivity contribution is -0.123. The molecule has 4 aromatic carbocycles. The van der Waals surface area contributed by atoms with Crippen molar-refractivity contribution >= 4 is 114 Å². The number of aliphatic imine (C=N–C) groups is 1. The van der Waals surface area contributed by atoms with E-state index in [1.807, 2.05) is 172 Å². The van der Waals surface area contributed by atoms with Crippen LogP contribution < -0.4 is 16.0 Å². The number of fused-ring (bicyclic) bond motifs is 4. The first-order valence-corrected chi connectivity index (χ1v) is 37.1. The second-order valence-corrected chi connectivity index (χ2v) is 30.3. The number of hydrogen-bond acceptors (Lipinski definition) is 26. The van der Waals surface area contributed by atoms with Crippen LogP contribution in [0.2, 0.25) is 0 Å². The number of aromatic nitrogens is 1. The molecule has 110 heavy (non-hydrogen) atoms. The van der Waals surface area contributed by atoms with Crippen LogP contribution in [0.25, 0.3) is 27.1 Å². The molecule has 8 rings (SSSR count). The van der Waals surface area contributed by atoms with Gasteiger partial charge >= 0.3 is 0 Å². The van der Waals surface area contributed by atoms with Gasteiger partial charge in [-0.3, -0.25) is 24.2 Å². The number of benzene rings is 4. The Labute approximate surface area is 647 Å². The zero-order chi connectivity index (χ0) is 81.7. The number of nitrogens with zero attached hydrogens (tertiary/aromatic N) is 5. The maximum atomic E-state index is 12.3. The van der Waals surface area contributed by atoms with Crippen LogP contribution in [0.3, 0.4) is 0 Å². The highest BCUT2D eigenvalue weighted by atomic mass is 32.1. The van der Waals surface area contributed by atoms with Gasteiger partial charge in [-0.05, 0) is 132 Å². The number of anilines is 3. The number of rotatable bonds is 35. The molecule has 29 nitrogen and oxygen atoms in total. The number of ether oxygens (including phenoxy) is 4. The van der Waals surface area contributed by atoms with Crippen molar-refractivity contribution in [1.29, 1.82) is 0 Å². The second kappa shape index (κ2) is 44.3. The van der Waals surface area contributed by atoms with Crippen LogP contribution >= 0.6 is 11.3 Å². The molecule has 2 aromatic heterocycles. The largest absolute Gasteiger partial charge is 0.390 e. The van der Waals surface area contributed by atoms with E-state index in [-0.39, 0.29) is 90.5 Å². The number of aliphatic hydroxyl groups excluding tert-OH is 8. The van der Waals surface area contributed by atoms with Crippen molar-refractivity contribution in [2.24, 2.45) is 48.3 Å². The monoisotopic (exact) mass is 1550 g/mol. The highest BCUT2D eigenvalue weighted by Gasteiger charge is 2.38. The standard InChI is InChI=1S/C21H30N2O5.C20H29N3O5.C20H28N2O5.C19H26N2O5S/c1-13(24)19(26)18(20(27-5)21(2,3)4)23-28-12-16(25)11-15-8-6-7-14-9-10-22-17(14)15;1-12(24)18(26)17(19(27-5)20(2,3)4)23-28-11-16(25)22-14-7-6-13-8-9-21-15(13)10-14;1-12(2)20(26-4)18(19(25)13(3)23)22-27-11-17(24)21-16-10-6-8-14-7-5-9-15(14)16;1-11(2)19(25-4)17(18(24)12(3)22)21-26-10-16(23)20-14-6-5-13-7-8-27-15(13)9-14/h6-10,13,19-20,22,24,26H,11-12H2,1-5H3;6-7,9-10,12,18-19,24,26H,8,11H2,1-5H3,(H,22,25);5-6,8-10,12-13,19-20,23,25H,7,11H2,1-4H3,(H,21,24);5-9,11-12,18-19,22,24H,10H2,1-4H3,(H,20,23)/b23-18+;23-17+;22-18+;21-17+/t13-,19+,20-;12-,18+,19-;13-,19+,20+;12-,18+,19+/m1111/s1. The van der Waals surface area contributed by atoms with Gasteiger partial charge in [0.1, 0.15) is 71.7 Å². The van der Waals surface area contributed by atoms with Gasteiger partial charge in [-0.15, -0.1) is 11.3 Å². The van der Waals surface area contributed by atoms with Crippen molar-refractivity contribution in [1.82, 2.24) is 4.98 Å². The summed E-state index contributed by atoms with van der Waals surface area (Å²) in [6.07, 6.45) is -1.97. The second-order valence-electron chi connectivity index (χ2n) is 29.4. The third-order valence-corrected chi connectivity index (χ3v) is 18.1. The number of methoxy groups -OCH3 is 4. The predicted molar refractivity (Wildman–Crippen MR) is 428 cm³/mol. The van der Waals surface area contributed by atoms with Crippen LogP contribution in [0.15, 0.2) is 128 Å². The summed E-state index contributed by atoms with van der Waals surface area (Å²) in [6, 6.07) is 26.6. The molecule has 0 fully saturated rings. The topological polar surface area (TPSA) is 418 Å². The van der Waals surface area contributed by atoms with E-state index in [9.17, 15) is 60.0 Å². The number of hydrogen-bond donors (Lipinski definition) is 12. The number of Topliss-reactive ketones (excluding diaryl/α,β-unsaturated/α-hetero) is 1. The predicted octanol–water partition coefficient (Wildman–Crippen LogP) is 9.12. The van der Waals surface area contributed by atoms with E-state index in [2.05, 4.69) is 46.5 Å². The molecule has 0 saturated carbocycles. The van der Waals surface area contributed by atoms with Crippen LogP contribution in [-0.4, -0.2) is 227 Å². The number of amides is 3. The van der Waals surface area contributed by atoms with E-state index in [1.54, 1.807) is 23.5 Å². The first-order chi connectivity index (χ1) is 51.9. The number of thiophene rings is 1. The fourth-order valence-corrected chi connectivity index (χ4v) is 12.6. The number of nitrogens with one attached hydrogen (secondary N) is 4. The molecular weight excluding hydrogens is 1440 g/mol. The smallest absolute Gasteiger partial charge is 0.265 e. The van der Waals surface area contributed by atoms with E-state index < -0.39 is 84.6 Å². The van der Waals surface area contributed by atoms with Gasteiger partial charge < -0.3 is 100 Å². The first-order valence-electron chi connectivity index (χ1n) is 36.2. The van der Waals surface area contributed by atoms with Crippen molar-refractivity contribution in [2.45, 2.75) is 189 Å². The fourth-order valence-electron chi connectivity index (χ4n) is 11.8. The maximum Gasteiger partial charge on any atom is 0.265 e. The highest BCUT2D eigenvalue weighted by Crippen LogP contribution is 2.31. The van der Waals surface area contributed by atoms with Crippen molar-refractivity contribution in [3.05, 3.63) is 125 Å². The number of allylic oxidation sites excluding steroid dienone is 1. The molecule has 6 aromatic rings. The van der Waals surface area contributed by atoms with Gasteiger partial charge in [0.2, 0.25) is 0 Å². The Balaban J connectivity index is 0.000000263. The van der Waals surface area contributed by atoms with Crippen LogP contribution in [0.5, 0.6) is 0 Å². The molecule has 0 radical (unpaired) electrons. The number of ketones is 1. The summed E-state index contributed by atoms with van der Waals surface area (Å²) in [5.74, 6) is -1.30. The van der Waals surface area contributed by atoms with E-state index in [1.165, 1.54) is 56.1 Å². The SMILES string of the molecule is CO[C@H](/C(=N/OCC(=O)Cc1cccc2cc[nH]c12)[C@@H](O)[C@@H](C)O)C(C)(C)C.CO[C@H](/C(=N/OCC(=O)Nc1ccc2c(c1)N=CC2)[C@@H](O)[C@@H](C)O)C(C)(C)C.CO[C@H](/C(=N/OCC(=O)Nc1ccc2ccsc2c1)[C@@H](O)[C@@H](C)O)C(C)C.CO[C@H](/C(=N/OCC(=O)Nc1cccc2c1C=CC2)[C@@H](O)[C@@H](C)O)C(C)C. The number of para-hydroxylation sites is 1. The van der Waals surface area contributed by atoms with Crippen LogP contribution in [0.1, 0.15) is 119 Å². The number of carbonyl (C=O) groups excluding carboxylic acids is 4. The zero-order valence-corrected chi connectivity index (χ0v) is 66.9. The van der Waals surface area contributed by atoms with Crippen LogP contribution in [-0.2, 0) is 76.7 Å². The Bertz CT molecular complexity index is 4110. The molecule has 30 heteroatoms. The molecule has 3 heterocycles. The van der Waals surface area contributed by atoms with Gasteiger partial charge in [0.15, 0.2) is 32.2 Å². The zero-order valence-electron chi connectivity index (χ0n) is 66.1. The molecule has 1 aliphatic carbocycles. The molecule has 2 aliphatic rings. The molecule has 1 aliphatic heterocycles. The Morgan fingerprint density at radius 3 is 1.48 bits per heavy atom. The van der Waals surface area contributed by atoms with E-state index in [0.717, 1.165) is 67.5 Å². The van der Waals surface area contributed by atoms with Gasteiger partial charge in [0.25, 0.3) is 17.7 Å². The molecule has 12 atom stereocenters. The van der Waals surface area contributed by atoms with Crippen molar-refractivity contribution in [3.63, 3.8) is 0 Å². The summed E-state index contributed by atoms with van der Waals surface area (Å²) >= 11 is 1.59. The van der Waals surface area contributed by atoms with E-state index >= 15 is 0 Å². The average Bonchev–Trinajstić information content (AvgIpc) is 1.82. The van der Waals surface area contributed by atoms with E-state index in [4.69, 9.17) is 38.3 Å². The summed E-state index contributed by atoms with van der Waals surface area (Å²) in [7, 11) is 5.97. The molecule has 0 bridgehead atoms. The minimum absolute atomic E-state index is 0.00160. The summed E-state index contributed by atoms with van der Waals surface area (Å²) in [5, 5.41) is 108. The summed E-state index contributed by atoms with van der Waals surface area (Å²) in [4.78, 5) is 76.9. The lowest BCUT2D eigenvalue weighted by Crippen LogP contribution is -2.46. The molecule has 12 N–H and O–H groups in total. The lowest BCUT2D eigenvalue weighted by Gasteiger charge is -2.32. The number of aromatic amines is 1. The van der Waals surface area contributed by atoms with Gasteiger partial charge in [-0.25, -0.2) is 0 Å². The molecule has 3 amide bonds. The molecule has 0 saturated heterocycles. The highest BCUT2D eigenvalue weighted by molar-refractivity contribution is 7.17. The minimum Gasteiger partial charge on any atom is -0.390 e. The minimum atomic E-state index is -1.28. The first kappa shape index (κ1) is 91.9. The third kappa shape index (κ3) is 27.9. The molecule has 0 spiro atoms. The summed E-state index contributed by atoms with van der Waals surface area (Å²) in [6.45, 7) is 23.6. The quantitative estimate of drug-likeness (QED) is 0.0130. The summed E-state index contributed by atoms with van der Waals surface area (Å²) in [5.41, 5.74) is 7.73. The average molecular weight is 1550 g/mol. The van der Waals surface area contributed by atoms with Gasteiger partial charge in [-0.2, -0.15) is 0 Å². The number of H-pyrrole nitrogens is 1.